The summed E-state index contributed by atoms with van der Waals surface area (Å²) in [7, 11) is 3.24. The molecule has 1 atom stereocenters. The van der Waals surface area contributed by atoms with Gasteiger partial charge in [-0.1, -0.05) is 12.1 Å². The zero-order valence-electron chi connectivity index (χ0n) is 12.0. The summed E-state index contributed by atoms with van der Waals surface area (Å²) in [6.45, 7) is 6.10. The molecule has 4 heteroatoms. The summed E-state index contributed by atoms with van der Waals surface area (Å²) in [5.74, 6) is 1.34. The summed E-state index contributed by atoms with van der Waals surface area (Å²) in [6, 6.07) is 7.78. The highest BCUT2D eigenvalue weighted by molar-refractivity contribution is 5.69. The number of nitrogens with one attached hydrogen (secondary N) is 1. The summed E-state index contributed by atoms with van der Waals surface area (Å²) in [5, 5.41) is 3.41. The first kappa shape index (κ1) is 14.2. The van der Waals surface area contributed by atoms with Crippen molar-refractivity contribution >= 4 is 5.69 Å². The molecule has 0 aliphatic heterocycles. The van der Waals surface area contributed by atoms with Gasteiger partial charge in [0.05, 0.1) is 25.9 Å². The van der Waals surface area contributed by atoms with Gasteiger partial charge in [-0.15, -0.1) is 0 Å². The van der Waals surface area contributed by atoms with Gasteiger partial charge in [-0.05, 0) is 37.1 Å². The van der Waals surface area contributed by atoms with E-state index in [1.807, 2.05) is 30.5 Å². The van der Waals surface area contributed by atoms with Crippen LogP contribution in [0.2, 0.25) is 0 Å². The molecule has 1 aromatic carbocycles. The van der Waals surface area contributed by atoms with Crippen LogP contribution in [-0.4, -0.2) is 19.2 Å². The largest absolute Gasteiger partial charge is 0.493 e. The lowest BCUT2D eigenvalue weighted by Gasteiger charge is -2.21. The van der Waals surface area contributed by atoms with Crippen molar-refractivity contribution in [2.75, 3.05) is 19.5 Å². The minimum absolute atomic E-state index is 0.0882. The fourth-order valence-electron chi connectivity index (χ4n) is 2.06. The highest BCUT2D eigenvalue weighted by atomic mass is 16.5. The maximum Gasteiger partial charge on any atom is 0.184 e. The Kier molecular flexibility index (Phi) is 4.45. The molecule has 0 saturated heterocycles. The van der Waals surface area contributed by atoms with E-state index >= 15 is 0 Å². The molecule has 2 aromatic rings. The van der Waals surface area contributed by atoms with Crippen molar-refractivity contribution in [3.05, 3.63) is 54.7 Å². The molecule has 1 N–H and O–H groups in total. The highest BCUT2D eigenvalue weighted by Gasteiger charge is 2.15. The number of ether oxygens (including phenoxy) is 2. The number of hydrogen-bond donors (Lipinski definition) is 1. The van der Waals surface area contributed by atoms with E-state index in [2.05, 4.69) is 24.1 Å². The van der Waals surface area contributed by atoms with E-state index in [9.17, 15) is 0 Å². The van der Waals surface area contributed by atoms with Gasteiger partial charge < -0.3 is 14.8 Å². The molecule has 0 saturated carbocycles. The van der Waals surface area contributed by atoms with Crippen molar-refractivity contribution in [3.8, 4) is 11.5 Å². The molecule has 1 radical (unpaired) electrons. The molecule has 0 fully saturated rings. The zero-order valence-corrected chi connectivity index (χ0v) is 12.0. The Morgan fingerprint density at radius 1 is 1.20 bits per heavy atom. The lowest BCUT2D eigenvalue weighted by molar-refractivity contribution is 0.356. The van der Waals surface area contributed by atoms with Gasteiger partial charge >= 0.3 is 0 Å². The van der Waals surface area contributed by atoms with E-state index in [1.165, 1.54) is 0 Å². The molecule has 0 amide bonds. The van der Waals surface area contributed by atoms with E-state index < -0.39 is 0 Å². The van der Waals surface area contributed by atoms with Crippen LogP contribution in [-0.2, 0) is 0 Å². The summed E-state index contributed by atoms with van der Waals surface area (Å²) in [6.07, 6.45) is 3.60. The van der Waals surface area contributed by atoms with Crippen LogP contribution in [0.15, 0.2) is 36.7 Å². The molecule has 0 aliphatic carbocycles. The Morgan fingerprint density at radius 3 is 2.60 bits per heavy atom. The summed E-state index contributed by atoms with van der Waals surface area (Å²) >= 11 is 0. The van der Waals surface area contributed by atoms with Gasteiger partial charge in [0.1, 0.15) is 0 Å². The molecule has 4 nitrogen and oxygen atoms in total. The minimum Gasteiger partial charge on any atom is -0.493 e. The molecule has 2 rings (SSSR count). The SMILES string of the molecule is [CH2]c1ccc(OC)c(OC)c1N[C@@H](C)c1cccnc1. The van der Waals surface area contributed by atoms with E-state index in [4.69, 9.17) is 9.47 Å². The lowest BCUT2D eigenvalue weighted by atomic mass is 10.1. The highest BCUT2D eigenvalue weighted by Crippen LogP contribution is 2.39. The van der Waals surface area contributed by atoms with Crippen molar-refractivity contribution in [2.24, 2.45) is 0 Å². The third-order valence-corrected chi connectivity index (χ3v) is 3.18. The molecular formula is C16H19N2O2. The molecule has 20 heavy (non-hydrogen) atoms. The first-order valence-electron chi connectivity index (χ1n) is 6.40. The van der Waals surface area contributed by atoms with Crippen molar-refractivity contribution in [3.63, 3.8) is 0 Å². The normalized spacial score (nSPS) is 11.8. The lowest BCUT2D eigenvalue weighted by Crippen LogP contribution is -2.09. The molecule has 0 aliphatic rings. The van der Waals surface area contributed by atoms with Gasteiger partial charge in [0.25, 0.3) is 0 Å². The molecule has 0 unspecified atom stereocenters. The maximum absolute atomic E-state index is 5.44. The van der Waals surface area contributed by atoms with Crippen LogP contribution in [0.25, 0.3) is 0 Å². The average Bonchev–Trinajstić information content (AvgIpc) is 2.49. The molecular weight excluding hydrogens is 252 g/mol. The number of benzene rings is 1. The topological polar surface area (TPSA) is 43.4 Å². The van der Waals surface area contributed by atoms with Crippen LogP contribution in [0, 0.1) is 6.92 Å². The summed E-state index contributed by atoms with van der Waals surface area (Å²) in [4.78, 5) is 4.13. The number of rotatable bonds is 5. The van der Waals surface area contributed by atoms with Gasteiger partial charge in [0, 0.05) is 12.4 Å². The van der Waals surface area contributed by atoms with Crippen molar-refractivity contribution in [2.45, 2.75) is 13.0 Å². The predicted octanol–water partition coefficient (Wildman–Crippen LogP) is 3.45. The monoisotopic (exact) mass is 271 g/mol. The van der Waals surface area contributed by atoms with Crippen LogP contribution in [0.3, 0.4) is 0 Å². The number of hydrogen-bond acceptors (Lipinski definition) is 4. The predicted molar refractivity (Wildman–Crippen MR) is 80.3 cm³/mol. The summed E-state index contributed by atoms with van der Waals surface area (Å²) < 4.78 is 10.8. The van der Waals surface area contributed by atoms with Gasteiger partial charge in [0.2, 0.25) is 0 Å². The maximum atomic E-state index is 5.44. The fourth-order valence-corrected chi connectivity index (χ4v) is 2.06. The molecule has 0 bridgehead atoms. The Morgan fingerprint density at radius 2 is 2.00 bits per heavy atom. The number of pyridine rings is 1. The van der Waals surface area contributed by atoms with Crippen molar-refractivity contribution in [1.82, 2.24) is 4.98 Å². The van der Waals surface area contributed by atoms with Crippen LogP contribution in [0.1, 0.15) is 24.1 Å². The third-order valence-electron chi connectivity index (χ3n) is 3.18. The van der Waals surface area contributed by atoms with E-state index in [0.29, 0.717) is 11.5 Å². The van der Waals surface area contributed by atoms with Crippen LogP contribution in [0.5, 0.6) is 11.5 Å². The van der Waals surface area contributed by atoms with E-state index in [0.717, 1.165) is 16.8 Å². The van der Waals surface area contributed by atoms with Gasteiger partial charge in [-0.25, -0.2) is 0 Å². The second kappa shape index (κ2) is 6.28. The van der Waals surface area contributed by atoms with Crippen LogP contribution >= 0.6 is 0 Å². The quantitative estimate of drug-likeness (QED) is 0.904. The Hall–Kier alpha value is -2.23. The Labute approximate surface area is 119 Å². The summed E-state index contributed by atoms with van der Waals surface area (Å²) in [5.41, 5.74) is 2.79. The minimum atomic E-state index is 0.0882. The number of aromatic nitrogens is 1. The van der Waals surface area contributed by atoms with Gasteiger partial charge in [-0.3, -0.25) is 4.98 Å². The molecule has 1 heterocycles. The first-order valence-corrected chi connectivity index (χ1v) is 6.40. The van der Waals surface area contributed by atoms with Crippen molar-refractivity contribution in [1.29, 1.82) is 0 Å². The second-order valence-electron chi connectivity index (χ2n) is 4.49. The van der Waals surface area contributed by atoms with Crippen LogP contribution < -0.4 is 14.8 Å². The second-order valence-corrected chi connectivity index (χ2v) is 4.49. The number of methoxy groups -OCH3 is 2. The fraction of sp³-hybridized carbons (Fsp3) is 0.250. The first-order chi connectivity index (χ1) is 9.67. The third kappa shape index (κ3) is 2.85. The van der Waals surface area contributed by atoms with E-state index in [1.54, 1.807) is 20.4 Å². The standard InChI is InChI=1S/C16H19N2O2/c1-11-7-8-14(19-3)16(20-4)15(11)18-12(2)13-6-5-9-17-10-13/h5-10,12,18H,1H2,2-4H3/t12-/m0/s1. The van der Waals surface area contributed by atoms with Crippen molar-refractivity contribution < 1.29 is 9.47 Å². The Balaban J connectivity index is 2.33. The number of nitrogens with zero attached hydrogens (tertiary/aromatic N) is 1. The van der Waals surface area contributed by atoms with Crippen LogP contribution in [0.4, 0.5) is 5.69 Å². The smallest absolute Gasteiger partial charge is 0.184 e. The van der Waals surface area contributed by atoms with E-state index in [-0.39, 0.29) is 6.04 Å². The average molecular weight is 271 g/mol. The molecule has 105 valence electrons. The van der Waals surface area contributed by atoms with Gasteiger partial charge in [0.15, 0.2) is 11.5 Å². The molecule has 1 aromatic heterocycles. The van der Waals surface area contributed by atoms with Gasteiger partial charge in [-0.2, -0.15) is 0 Å². The Bertz CT molecular complexity index is 570. The molecule has 0 spiro atoms. The number of anilines is 1. The zero-order chi connectivity index (χ0) is 14.5.